The highest BCUT2D eigenvalue weighted by atomic mass is 16.5. The fourth-order valence-corrected chi connectivity index (χ4v) is 2.74. The molecule has 25 heavy (non-hydrogen) atoms. The maximum Gasteiger partial charge on any atom is 0.235 e. The molecule has 0 amide bonds. The molecule has 2 aliphatic rings. The van der Waals surface area contributed by atoms with Gasteiger partial charge in [-0.25, -0.2) is 15.0 Å². The Bertz CT molecular complexity index is 642. The number of hydrogen-bond donors (Lipinski definition) is 0. The normalized spacial score (nSPS) is 22.7. The summed E-state index contributed by atoms with van der Waals surface area (Å²) in [6, 6.07) is 4.38. The molecule has 0 aliphatic carbocycles. The van der Waals surface area contributed by atoms with Gasteiger partial charge in [-0.2, -0.15) is 0 Å². The molecule has 0 saturated heterocycles. The third kappa shape index (κ3) is 3.78. The summed E-state index contributed by atoms with van der Waals surface area (Å²) < 4.78 is 11.6. The van der Waals surface area contributed by atoms with E-state index < -0.39 is 0 Å². The Morgan fingerprint density at radius 2 is 1.32 bits per heavy atom. The number of aromatic nitrogens is 1. The van der Waals surface area contributed by atoms with Gasteiger partial charge in [0.2, 0.25) is 11.8 Å². The first-order chi connectivity index (χ1) is 11.8. The van der Waals surface area contributed by atoms with E-state index in [1.54, 1.807) is 0 Å². The highest BCUT2D eigenvalue weighted by molar-refractivity contribution is 5.98. The van der Waals surface area contributed by atoms with Crippen LogP contribution in [-0.2, 0) is 9.47 Å². The summed E-state index contributed by atoms with van der Waals surface area (Å²) in [4.78, 5) is 16.2. The first kappa shape index (κ1) is 17.7. The van der Waals surface area contributed by atoms with Crippen LogP contribution >= 0.6 is 0 Å². The van der Waals surface area contributed by atoms with Crippen LogP contribution in [0.3, 0.4) is 0 Å². The number of rotatable bonds is 5. The number of hydrogen-bond acceptors (Lipinski definition) is 6. The molecule has 0 fully saturated rings. The van der Waals surface area contributed by atoms with E-state index in [0.717, 1.165) is 17.1 Å². The van der Waals surface area contributed by atoms with Gasteiger partial charge in [-0.3, -0.25) is 0 Å². The SMILES string of the molecule is CC(C)[C@@H]1COC(c2cc(N(C)C)cc(C3=N[C@H](C(C)C)CO3)n2)=N1. The average molecular weight is 344 g/mol. The predicted molar refractivity (Wildman–Crippen MR) is 101 cm³/mol. The van der Waals surface area contributed by atoms with Crippen LogP contribution in [0.15, 0.2) is 22.1 Å². The van der Waals surface area contributed by atoms with Gasteiger partial charge in [0.15, 0.2) is 0 Å². The fourth-order valence-electron chi connectivity index (χ4n) is 2.74. The van der Waals surface area contributed by atoms with E-state index in [-0.39, 0.29) is 12.1 Å². The molecule has 0 bridgehead atoms. The maximum atomic E-state index is 5.81. The molecule has 1 aromatic rings. The lowest BCUT2D eigenvalue weighted by molar-refractivity contribution is 0.290. The molecule has 0 saturated carbocycles. The van der Waals surface area contributed by atoms with Crippen LogP contribution in [-0.4, -0.2) is 56.2 Å². The Hall–Kier alpha value is -2.11. The summed E-state index contributed by atoms with van der Waals surface area (Å²) in [5.41, 5.74) is 2.51. The minimum absolute atomic E-state index is 0.189. The first-order valence-corrected chi connectivity index (χ1v) is 8.96. The summed E-state index contributed by atoms with van der Waals surface area (Å²) in [5, 5.41) is 0. The van der Waals surface area contributed by atoms with Crippen molar-refractivity contribution in [2.24, 2.45) is 21.8 Å². The second-order valence-electron chi connectivity index (χ2n) is 7.60. The Kier molecular flexibility index (Phi) is 4.97. The Labute approximate surface area is 150 Å². The van der Waals surface area contributed by atoms with E-state index in [1.165, 1.54) is 0 Å². The van der Waals surface area contributed by atoms with Gasteiger partial charge in [0.1, 0.15) is 24.6 Å². The molecule has 136 valence electrons. The standard InChI is InChI=1S/C19H28N4O2/c1-11(2)16-9-24-18(21-16)14-7-13(23(5)6)8-15(20-14)19-22-17(10-25-19)12(3)4/h7-8,11-12,16-17H,9-10H2,1-6H3/t16-,17-/m0/s1. The number of pyridine rings is 1. The van der Waals surface area contributed by atoms with Gasteiger partial charge >= 0.3 is 0 Å². The molecule has 1 aromatic heterocycles. The molecule has 2 aliphatic heterocycles. The molecule has 3 heterocycles. The van der Waals surface area contributed by atoms with Gasteiger partial charge in [0, 0.05) is 19.8 Å². The van der Waals surface area contributed by atoms with Crippen LogP contribution in [0.2, 0.25) is 0 Å². The zero-order valence-corrected chi connectivity index (χ0v) is 16.0. The third-order valence-electron chi connectivity index (χ3n) is 4.65. The van der Waals surface area contributed by atoms with Crippen LogP contribution in [0.1, 0.15) is 39.1 Å². The van der Waals surface area contributed by atoms with Gasteiger partial charge in [-0.05, 0) is 24.0 Å². The van der Waals surface area contributed by atoms with Crippen molar-refractivity contribution >= 4 is 17.5 Å². The van der Waals surface area contributed by atoms with Crippen molar-refractivity contribution in [3.8, 4) is 0 Å². The van der Waals surface area contributed by atoms with Crippen LogP contribution in [0, 0.1) is 11.8 Å². The molecule has 6 nitrogen and oxygen atoms in total. The molecule has 0 spiro atoms. The lowest BCUT2D eigenvalue weighted by Crippen LogP contribution is -2.15. The quantitative estimate of drug-likeness (QED) is 0.824. The molecule has 0 unspecified atom stereocenters. The summed E-state index contributed by atoms with van der Waals surface area (Å²) in [6.07, 6.45) is 0. The zero-order valence-electron chi connectivity index (χ0n) is 16.0. The molecular weight excluding hydrogens is 316 g/mol. The minimum atomic E-state index is 0.189. The largest absolute Gasteiger partial charge is 0.474 e. The van der Waals surface area contributed by atoms with Gasteiger partial charge in [-0.1, -0.05) is 27.7 Å². The topological polar surface area (TPSA) is 59.3 Å². The number of aliphatic imine (C=N–C) groups is 2. The monoisotopic (exact) mass is 344 g/mol. The Morgan fingerprint density at radius 3 is 1.64 bits per heavy atom. The predicted octanol–water partition coefficient (Wildman–Crippen LogP) is 2.75. The van der Waals surface area contributed by atoms with Crippen molar-refractivity contribution in [1.82, 2.24) is 4.98 Å². The summed E-state index contributed by atoms with van der Waals surface area (Å²) in [5.74, 6) is 2.12. The van der Waals surface area contributed by atoms with Gasteiger partial charge in [0.25, 0.3) is 0 Å². The number of anilines is 1. The van der Waals surface area contributed by atoms with Gasteiger partial charge in [-0.15, -0.1) is 0 Å². The van der Waals surface area contributed by atoms with Crippen molar-refractivity contribution in [3.63, 3.8) is 0 Å². The van der Waals surface area contributed by atoms with E-state index in [1.807, 2.05) is 31.1 Å². The van der Waals surface area contributed by atoms with E-state index in [0.29, 0.717) is 36.8 Å². The molecule has 0 N–H and O–H groups in total. The lowest BCUT2D eigenvalue weighted by atomic mass is 10.1. The highest BCUT2D eigenvalue weighted by Gasteiger charge is 2.27. The third-order valence-corrected chi connectivity index (χ3v) is 4.65. The van der Waals surface area contributed by atoms with Crippen LogP contribution < -0.4 is 4.90 Å². The van der Waals surface area contributed by atoms with Crippen molar-refractivity contribution in [1.29, 1.82) is 0 Å². The first-order valence-electron chi connectivity index (χ1n) is 8.96. The molecular formula is C19H28N4O2. The molecule has 2 atom stereocenters. The summed E-state index contributed by atoms with van der Waals surface area (Å²) >= 11 is 0. The van der Waals surface area contributed by atoms with Crippen molar-refractivity contribution in [3.05, 3.63) is 23.5 Å². The fraction of sp³-hybridized carbons (Fsp3) is 0.632. The highest BCUT2D eigenvalue weighted by Crippen LogP contribution is 2.23. The van der Waals surface area contributed by atoms with Crippen LogP contribution in [0.4, 0.5) is 5.69 Å². The van der Waals surface area contributed by atoms with Crippen molar-refractivity contribution in [2.75, 3.05) is 32.2 Å². The van der Waals surface area contributed by atoms with E-state index >= 15 is 0 Å². The minimum Gasteiger partial charge on any atom is -0.474 e. The van der Waals surface area contributed by atoms with E-state index in [9.17, 15) is 0 Å². The zero-order chi connectivity index (χ0) is 18.1. The van der Waals surface area contributed by atoms with E-state index in [4.69, 9.17) is 24.4 Å². The van der Waals surface area contributed by atoms with E-state index in [2.05, 4.69) is 27.7 Å². The van der Waals surface area contributed by atoms with Crippen molar-refractivity contribution < 1.29 is 9.47 Å². The molecule has 0 aromatic carbocycles. The second kappa shape index (κ2) is 7.02. The Balaban J connectivity index is 1.97. The van der Waals surface area contributed by atoms with Crippen LogP contribution in [0.25, 0.3) is 0 Å². The average Bonchev–Trinajstić information content (AvgIpc) is 3.24. The Morgan fingerprint density at radius 1 is 0.880 bits per heavy atom. The maximum absolute atomic E-state index is 5.81. The molecule has 6 heteroatoms. The smallest absolute Gasteiger partial charge is 0.235 e. The lowest BCUT2D eigenvalue weighted by Gasteiger charge is -2.15. The molecule has 3 rings (SSSR count). The van der Waals surface area contributed by atoms with Gasteiger partial charge in [0.05, 0.1) is 12.1 Å². The molecule has 0 radical (unpaired) electrons. The second-order valence-corrected chi connectivity index (χ2v) is 7.60. The van der Waals surface area contributed by atoms with Crippen LogP contribution in [0.5, 0.6) is 0 Å². The van der Waals surface area contributed by atoms with Crippen molar-refractivity contribution in [2.45, 2.75) is 39.8 Å². The summed E-state index contributed by atoms with van der Waals surface area (Å²) in [7, 11) is 4.01. The number of nitrogens with zero attached hydrogens (tertiary/aromatic N) is 4. The summed E-state index contributed by atoms with van der Waals surface area (Å²) in [6.45, 7) is 9.85. The number of ether oxygens (including phenoxy) is 2. The van der Waals surface area contributed by atoms with Gasteiger partial charge < -0.3 is 14.4 Å².